The molecule has 2 rings (SSSR count). The van der Waals surface area contributed by atoms with Crippen molar-refractivity contribution in [1.82, 2.24) is 15.8 Å². The molecule has 1 atom stereocenters. The maximum Gasteiger partial charge on any atom is 0.314 e. The molecule has 0 aliphatic heterocycles. The van der Waals surface area contributed by atoms with Crippen LogP contribution in [0.2, 0.25) is 0 Å². The normalized spacial score (nSPS) is 13.6. The van der Waals surface area contributed by atoms with Gasteiger partial charge in [0.2, 0.25) is 0 Å². The molecule has 126 valence electrons. The summed E-state index contributed by atoms with van der Waals surface area (Å²) in [7, 11) is 0. The van der Waals surface area contributed by atoms with E-state index in [9.17, 15) is 9.90 Å². The molecule has 0 fully saturated rings. The van der Waals surface area contributed by atoms with E-state index in [2.05, 4.69) is 15.8 Å². The lowest BCUT2D eigenvalue weighted by molar-refractivity contribution is 0.0631. The number of carbonyl (C=O) groups excluding carboxylic acids is 1. The van der Waals surface area contributed by atoms with Crippen LogP contribution in [0.3, 0.4) is 0 Å². The summed E-state index contributed by atoms with van der Waals surface area (Å²) in [5, 5.41) is 21.6. The third kappa shape index (κ3) is 4.80. The fourth-order valence-electron chi connectivity index (χ4n) is 2.31. The number of amides is 2. The molecule has 2 heterocycles. The predicted octanol–water partition coefficient (Wildman–Crippen LogP) is 2.49. The van der Waals surface area contributed by atoms with Gasteiger partial charge in [-0.2, -0.15) is 0 Å². The standard InChI is InChI=1S/C16H23N3O3S/c1-11-13(12(2)22-19-11)6-4-8-17-15(20)18-10-16(3,21)14-7-5-9-23-14/h5,7,9,21H,4,6,8,10H2,1-3H3,(H2,17,18,20). The Kier molecular flexibility index (Phi) is 5.79. The summed E-state index contributed by atoms with van der Waals surface area (Å²) < 4.78 is 5.11. The van der Waals surface area contributed by atoms with Gasteiger partial charge in [0, 0.05) is 17.0 Å². The van der Waals surface area contributed by atoms with Gasteiger partial charge in [-0.25, -0.2) is 4.79 Å². The first-order valence-corrected chi connectivity index (χ1v) is 8.48. The van der Waals surface area contributed by atoms with E-state index in [0.29, 0.717) is 6.54 Å². The summed E-state index contributed by atoms with van der Waals surface area (Å²) in [5.41, 5.74) is 0.953. The SMILES string of the molecule is Cc1noc(C)c1CCCNC(=O)NCC(C)(O)c1cccs1. The van der Waals surface area contributed by atoms with Crippen molar-refractivity contribution in [2.75, 3.05) is 13.1 Å². The van der Waals surface area contributed by atoms with Crippen LogP contribution >= 0.6 is 11.3 Å². The van der Waals surface area contributed by atoms with E-state index in [1.54, 1.807) is 6.92 Å². The number of nitrogens with one attached hydrogen (secondary N) is 2. The average Bonchev–Trinajstić information content (AvgIpc) is 3.14. The molecule has 0 saturated carbocycles. The Balaban J connectivity index is 1.68. The maximum atomic E-state index is 11.8. The molecule has 23 heavy (non-hydrogen) atoms. The molecule has 0 aliphatic carbocycles. The number of rotatable bonds is 7. The van der Waals surface area contributed by atoms with Gasteiger partial charge in [0.1, 0.15) is 11.4 Å². The van der Waals surface area contributed by atoms with Crippen molar-refractivity contribution in [1.29, 1.82) is 0 Å². The molecule has 0 radical (unpaired) electrons. The van der Waals surface area contributed by atoms with Gasteiger partial charge in [-0.15, -0.1) is 11.3 Å². The van der Waals surface area contributed by atoms with Gasteiger partial charge >= 0.3 is 6.03 Å². The fraction of sp³-hybridized carbons (Fsp3) is 0.500. The molecule has 1 unspecified atom stereocenters. The number of aliphatic hydroxyl groups is 1. The van der Waals surface area contributed by atoms with Crippen LogP contribution in [0, 0.1) is 13.8 Å². The Morgan fingerprint density at radius 3 is 2.83 bits per heavy atom. The lowest BCUT2D eigenvalue weighted by atomic mass is 10.1. The van der Waals surface area contributed by atoms with E-state index in [1.165, 1.54) is 11.3 Å². The highest BCUT2D eigenvalue weighted by atomic mass is 32.1. The van der Waals surface area contributed by atoms with Gasteiger partial charge < -0.3 is 20.3 Å². The van der Waals surface area contributed by atoms with E-state index in [-0.39, 0.29) is 12.6 Å². The summed E-state index contributed by atoms with van der Waals surface area (Å²) >= 11 is 1.47. The lowest BCUT2D eigenvalue weighted by Crippen LogP contribution is -2.43. The Bertz CT molecular complexity index is 616. The van der Waals surface area contributed by atoms with E-state index in [4.69, 9.17) is 4.52 Å². The first-order chi connectivity index (χ1) is 10.9. The van der Waals surface area contributed by atoms with E-state index < -0.39 is 5.60 Å². The molecule has 0 spiro atoms. The number of hydrogen-bond acceptors (Lipinski definition) is 5. The number of carbonyl (C=O) groups is 1. The largest absolute Gasteiger partial charge is 0.383 e. The Morgan fingerprint density at radius 2 is 2.22 bits per heavy atom. The molecule has 3 N–H and O–H groups in total. The van der Waals surface area contributed by atoms with Crippen LogP contribution in [-0.2, 0) is 12.0 Å². The van der Waals surface area contributed by atoms with Crippen LogP contribution in [0.1, 0.15) is 35.2 Å². The van der Waals surface area contributed by atoms with Gasteiger partial charge in [-0.1, -0.05) is 11.2 Å². The highest BCUT2D eigenvalue weighted by Crippen LogP contribution is 2.24. The smallest absolute Gasteiger partial charge is 0.314 e. The Labute approximate surface area is 139 Å². The molecule has 0 bridgehead atoms. The van der Waals surface area contributed by atoms with Gasteiger partial charge in [0.05, 0.1) is 12.2 Å². The minimum absolute atomic E-state index is 0.170. The highest BCUT2D eigenvalue weighted by Gasteiger charge is 2.24. The van der Waals surface area contributed by atoms with Crippen LogP contribution in [0.15, 0.2) is 22.0 Å². The van der Waals surface area contributed by atoms with E-state index >= 15 is 0 Å². The molecule has 6 nitrogen and oxygen atoms in total. The molecule has 0 aliphatic rings. The molecule has 0 saturated heterocycles. The predicted molar refractivity (Wildman–Crippen MR) is 89.6 cm³/mol. The van der Waals surface area contributed by atoms with Crippen molar-refractivity contribution in [2.24, 2.45) is 0 Å². The third-order valence-electron chi connectivity index (χ3n) is 3.72. The number of aryl methyl sites for hydroxylation is 2. The molecular weight excluding hydrogens is 314 g/mol. The minimum Gasteiger partial charge on any atom is -0.383 e. The number of aromatic nitrogens is 1. The van der Waals surface area contributed by atoms with Gasteiger partial charge in [-0.3, -0.25) is 0 Å². The van der Waals surface area contributed by atoms with Crippen molar-refractivity contribution in [3.63, 3.8) is 0 Å². The number of urea groups is 1. The number of hydrogen-bond donors (Lipinski definition) is 3. The van der Waals surface area contributed by atoms with E-state index in [0.717, 1.165) is 34.7 Å². The lowest BCUT2D eigenvalue weighted by Gasteiger charge is -2.22. The zero-order valence-corrected chi connectivity index (χ0v) is 14.5. The van der Waals surface area contributed by atoms with Gasteiger partial charge in [0.25, 0.3) is 0 Å². The van der Waals surface area contributed by atoms with Crippen LogP contribution in [0.4, 0.5) is 4.79 Å². The van der Waals surface area contributed by atoms with Crippen LogP contribution in [0.25, 0.3) is 0 Å². The second-order valence-electron chi connectivity index (χ2n) is 5.77. The van der Waals surface area contributed by atoms with Crippen molar-refractivity contribution in [2.45, 2.75) is 39.2 Å². The van der Waals surface area contributed by atoms with Gasteiger partial charge in [0.15, 0.2) is 0 Å². The molecule has 2 aromatic rings. The Hall–Kier alpha value is -1.86. The van der Waals surface area contributed by atoms with Crippen molar-refractivity contribution in [3.05, 3.63) is 39.4 Å². The zero-order chi connectivity index (χ0) is 16.9. The topological polar surface area (TPSA) is 87.4 Å². The number of nitrogens with zero attached hydrogens (tertiary/aromatic N) is 1. The monoisotopic (exact) mass is 337 g/mol. The minimum atomic E-state index is -1.05. The summed E-state index contributed by atoms with van der Waals surface area (Å²) in [6, 6.07) is 3.46. The Morgan fingerprint density at radius 1 is 1.43 bits per heavy atom. The first kappa shape index (κ1) is 17.5. The summed E-state index contributed by atoms with van der Waals surface area (Å²) in [6.07, 6.45) is 1.62. The van der Waals surface area contributed by atoms with Crippen LogP contribution < -0.4 is 10.6 Å². The fourth-order valence-corrected chi connectivity index (χ4v) is 3.10. The third-order valence-corrected chi connectivity index (χ3v) is 4.84. The van der Waals surface area contributed by atoms with Crippen molar-refractivity contribution >= 4 is 17.4 Å². The first-order valence-electron chi connectivity index (χ1n) is 7.60. The van der Waals surface area contributed by atoms with Crippen molar-refractivity contribution < 1.29 is 14.4 Å². The summed E-state index contributed by atoms with van der Waals surface area (Å²) in [6.45, 7) is 6.22. The number of thiophene rings is 1. The molecule has 2 aromatic heterocycles. The molecular formula is C16H23N3O3S. The maximum absolute atomic E-state index is 11.8. The highest BCUT2D eigenvalue weighted by molar-refractivity contribution is 7.10. The quantitative estimate of drug-likeness (QED) is 0.677. The molecule has 0 aromatic carbocycles. The second-order valence-corrected chi connectivity index (χ2v) is 6.71. The summed E-state index contributed by atoms with van der Waals surface area (Å²) in [5.74, 6) is 0.832. The molecule has 2 amide bonds. The van der Waals surface area contributed by atoms with Crippen LogP contribution in [0.5, 0.6) is 0 Å². The second kappa shape index (κ2) is 7.61. The zero-order valence-electron chi connectivity index (χ0n) is 13.7. The van der Waals surface area contributed by atoms with Crippen molar-refractivity contribution in [3.8, 4) is 0 Å². The molecule has 7 heteroatoms. The summed E-state index contributed by atoms with van der Waals surface area (Å²) in [4.78, 5) is 12.6. The van der Waals surface area contributed by atoms with Gasteiger partial charge in [-0.05, 0) is 45.1 Å². The average molecular weight is 337 g/mol. The van der Waals surface area contributed by atoms with Crippen LogP contribution in [-0.4, -0.2) is 29.4 Å². The van der Waals surface area contributed by atoms with E-state index in [1.807, 2.05) is 31.4 Å².